The molecule has 3 aromatic rings. The van der Waals surface area contributed by atoms with Crippen LogP contribution in [-0.2, 0) is 21.2 Å². The number of methoxy groups -OCH3 is 1. The second-order valence-corrected chi connectivity index (χ2v) is 8.96. The maximum atomic E-state index is 12.4. The number of primary sulfonamides is 1. The first-order valence-electron chi connectivity index (χ1n) is 10.2. The van der Waals surface area contributed by atoms with E-state index in [0.29, 0.717) is 17.9 Å². The van der Waals surface area contributed by atoms with Crippen molar-refractivity contribution >= 4 is 33.0 Å². The summed E-state index contributed by atoms with van der Waals surface area (Å²) in [6.07, 6.45) is 0.654. The Morgan fingerprint density at radius 3 is 2.47 bits per heavy atom. The first-order valence-corrected chi connectivity index (χ1v) is 11.8. The summed E-state index contributed by atoms with van der Waals surface area (Å²) in [5, 5.41) is 21.9. The lowest BCUT2D eigenvalue weighted by molar-refractivity contribution is -0.384. The highest BCUT2D eigenvalue weighted by atomic mass is 32.2. The monoisotopic (exact) mass is 484 g/mol. The van der Waals surface area contributed by atoms with Crippen LogP contribution in [0.4, 0.5) is 17.1 Å². The Labute approximate surface area is 196 Å². The molecular formula is C23H24N4O6S. The summed E-state index contributed by atoms with van der Waals surface area (Å²) in [5.74, 6) is 0.408. The predicted molar refractivity (Wildman–Crippen MR) is 128 cm³/mol. The fraction of sp³-hybridized carbons (Fsp3) is 0.174. The second-order valence-electron chi connectivity index (χ2n) is 7.40. The molecule has 3 aromatic carbocycles. The molecule has 0 heterocycles. The molecule has 1 amide bonds. The number of carbonyl (C=O) groups is 1. The van der Waals surface area contributed by atoms with Gasteiger partial charge in [0.05, 0.1) is 16.9 Å². The van der Waals surface area contributed by atoms with Crippen molar-refractivity contribution in [3.8, 4) is 5.75 Å². The standard InChI is InChI=1S/C23H24N4O6S/c1-33-22-10-7-18(14-17(22)13-16-5-3-2-4-6-16)26-23(28)11-12-25-20-9-8-19(34(24,31)32)15-21(20)27(29)30/h2-10,14-15,25H,11-13H2,1H3,(H,26,28)(H2,24,31,32). The Morgan fingerprint density at radius 1 is 1.09 bits per heavy atom. The highest BCUT2D eigenvalue weighted by Crippen LogP contribution is 2.28. The molecule has 10 nitrogen and oxygen atoms in total. The van der Waals surface area contributed by atoms with Crippen LogP contribution in [0.15, 0.2) is 71.6 Å². The number of nitrogens with one attached hydrogen (secondary N) is 2. The Bertz CT molecular complexity index is 1300. The number of hydrogen-bond donors (Lipinski definition) is 3. The average Bonchev–Trinajstić information content (AvgIpc) is 2.79. The molecule has 178 valence electrons. The van der Waals surface area contributed by atoms with Crippen LogP contribution < -0.4 is 20.5 Å². The zero-order valence-corrected chi connectivity index (χ0v) is 19.2. The zero-order valence-electron chi connectivity index (χ0n) is 18.4. The zero-order chi connectivity index (χ0) is 24.7. The summed E-state index contributed by atoms with van der Waals surface area (Å²) in [4.78, 5) is 22.6. The van der Waals surface area contributed by atoms with Gasteiger partial charge >= 0.3 is 0 Å². The van der Waals surface area contributed by atoms with E-state index in [1.807, 2.05) is 36.4 Å². The van der Waals surface area contributed by atoms with Crippen molar-refractivity contribution in [1.82, 2.24) is 0 Å². The molecule has 3 rings (SSSR count). The van der Waals surface area contributed by atoms with Gasteiger partial charge in [-0.3, -0.25) is 14.9 Å². The molecule has 0 atom stereocenters. The fourth-order valence-electron chi connectivity index (χ4n) is 3.33. The van der Waals surface area contributed by atoms with Gasteiger partial charge in [-0.15, -0.1) is 0 Å². The minimum absolute atomic E-state index is 0.0220. The average molecular weight is 485 g/mol. The number of amides is 1. The molecule has 0 aromatic heterocycles. The highest BCUT2D eigenvalue weighted by Gasteiger charge is 2.19. The lowest BCUT2D eigenvalue weighted by Crippen LogP contribution is -2.17. The van der Waals surface area contributed by atoms with Gasteiger partial charge in [0.15, 0.2) is 0 Å². The van der Waals surface area contributed by atoms with Crippen LogP contribution >= 0.6 is 0 Å². The molecule has 0 fully saturated rings. The van der Waals surface area contributed by atoms with Gasteiger partial charge in [-0.05, 0) is 35.9 Å². The van der Waals surface area contributed by atoms with Crippen LogP contribution in [0.2, 0.25) is 0 Å². The van der Waals surface area contributed by atoms with Crippen molar-refractivity contribution in [2.45, 2.75) is 17.7 Å². The summed E-state index contributed by atoms with van der Waals surface area (Å²) in [6, 6.07) is 18.5. The minimum atomic E-state index is -4.08. The molecule has 0 saturated heterocycles. The summed E-state index contributed by atoms with van der Waals surface area (Å²) < 4.78 is 28.3. The molecule has 0 radical (unpaired) electrons. The summed E-state index contributed by atoms with van der Waals surface area (Å²) >= 11 is 0. The Morgan fingerprint density at radius 2 is 1.82 bits per heavy atom. The predicted octanol–water partition coefficient (Wildman–Crippen LogP) is 3.28. The number of carbonyl (C=O) groups excluding carboxylic acids is 1. The lowest BCUT2D eigenvalue weighted by Gasteiger charge is -2.12. The van der Waals surface area contributed by atoms with Gasteiger partial charge in [0.1, 0.15) is 11.4 Å². The first kappa shape index (κ1) is 24.7. The van der Waals surface area contributed by atoms with Crippen LogP contribution in [0.25, 0.3) is 0 Å². The molecule has 0 aliphatic heterocycles. The van der Waals surface area contributed by atoms with Crippen LogP contribution in [-0.4, -0.2) is 32.9 Å². The molecule has 0 aliphatic carbocycles. The van der Waals surface area contributed by atoms with E-state index in [-0.39, 0.29) is 29.5 Å². The second kappa shape index (κ2) is 10.8. The van der Waals surface area contributed by atoms with E-state index >= 15 is 0 Å². The van der Waals surface area contributed by atoms with Crippen molar-refractivity contribution in [1.29, 1.82) is 0 Å². The van der Waals surface area contributed by atoms with Gasteiger partial charge in [0, 0.05) is 36.7 Å². The molecule has 0 aliphatic rings. The molecule has 34 heavy (non-hydrogen) atoms. The largest absolute Gasteiger partial charge is 0.496 e. The Kier molecular flexibility index (Phi) is 7.82. The van der Waals surface area contributed by atoms with Crippen molar-refractivity contribution in [3.05, 3.63) is 88.0 Å². The first-order chi connectivity index (χ1) is 16.2. The quantitative estimate of drug-likeness (QED) is 0.295. The van der Waals surface area contributed by atoms with E-state index in [1.165, 1.54) is 6.07 Å². The topological polar surface area (TPSA) is 154 Å². The number of benzene rings is 3. The van der Waals surface area contributed by atoms with Gasteiger partial charge < -0.3 is 15.4 Å². The van der Waals surface area contributed by atoms with Crippen molar-refractivity contribution in [2.75, 3.05) is 24.3 Å². The lowest BCUT2D eigenvalue weighted by atomic mass is 10.0. The van der Waals surface area contributed by atoms with Crippen LogP contribution in [0.1, 0.15) is 17.5 Å². The number of nitrogens with two attached hydrogens (primary N) is 1. The van der Waals surface area contributed by atoms with E-state index in [4.69, 9.17) is 9.88 Å². The van der Waals surface area contributed by atoms with E-state index in [9.17, 15) is 23.3 Å². The SMILES string of the molecule is COc1ccc(NC(=O)CCNc2ccc(S(N)(=O)=O)cc2[N+](=O)[O-])cc1Cc1ccccc1. The maximum absolute atomic E-state index is 12.4. The van der Waals surface area contributed by atoms with Gasteiger partial charge in [-0.25, -0.2) is 13.6 Å². The van der Waals surface area contributed by atoms with Gasteiger partial charge in [0.2, 0.25) is 15.9 Å². The normalized spacial score (nSPS) is 11.0. The van der Waals surface area contributed by atoms with E-state index in [0.717, 1.165) is 23.3 Å². The smallest absolute Gasteiger partial charge is 0.293 e. The van der Waals surface area contributed by atoms with E-state index in [1.54, 1.807) is 19.2 Å². The number of hydrogen-bond acceptors (Lipinski definition) is 7. The van der Waals surface area contributed by atoms with Crippen LogP contribution in [0, 0.1) is 10.1 Å². The van der Waals surface area contributed by atoms with E-state index in [2.05, 4.69) is 10.6 Å². The van der Waals surface area contributed by atoms with Gasteiger partial charge in [-0.2, -0.15) is 0 Å². The third-order valence-electron chi connectivity index (χ3n) is 4.96. The third kappa shape index (κ3) is 6.53. The number of ether oxygens (including phenoxy) is 1. The molecular weight excluding hydrogens is 460 g/mol. The molecule has 0 bridgehead atoms. The maximum Gasteiger partial charge on any atom is 0.293 e. The Hall–Kier alpha value is -3.96. The molecule has 0 spiro atoms. The van der Waals surface area contributed by atoms with Gasteiger partial charge in [-0.1, -0.05) is 30.3 Å². The Balaban J connectivity index is 1.63. The molecule has 0 unspecified atom stereocenters. The number of nitro groups is 1. The fourth-order valence-corrected chi connectivity index (χ4v) is 3.87. The molecule has 4 N–H and O–H groups in total. The number of nitrogens with zero attached hydrogens (tertiary/aromatic N) is 1. The summed E-state index contributed by atoms with van der Waals surface area (Å²) in [6.45, 7) is 0.0917. The van der Waals surface area contributed by atoms with Crippen molar-refractivity contribution in [3.63, 3.8) is 0 Å². The van der Waals surface area contributed by atoms with Crippen molar-refractivity contribution in [2.24, 2.45) is 5.14 Å². The number of rotatable bonds is 10. The van der Waals surface area contributed by atoms with Crippen molar-refractivity contribution < 1.29 is 22.9 Å². The third-order valence-corrected chi connectivity index (χ3v) is 5.87. The molecule has 0 saturated carbocycles. The van der Waals surface area contributed by atoms with E-state index < -0.39 is 20.6 Å². The summed E-state index contributed by atoms with van der Waals surface area (Å²) in [7, 11) is -2.49. The minimum Gasteiger partial charge on any atom is -0.496 e. The number of anilines is 2. The number of sulfonamides is 1. The van der Waals surface area contributed by atoms with Crippen LogP contribution in [0.3, 0.4) is 0 Å². The highest BCUT2D eigenvalue weighted by molar-refractivity contribution is 7.89. The van der Waals surface area contributed by atoms with Crippen LogP contribution in [0.5, 0.6) is 5.75 Å². The number of nitro benzene ring substituents is 1. The summed E-state index contributed by atoms with van der Waals surface area (Å²) in [5.41, 5.74) is 2.24. The molecule has 11 heteroatoms. The van der Waals surface area contributed by atoms with Gasteiger partial charge in [0.25, 0.3) is 5.69 Å².